The number of nitrogens with two attached hydrogens (primary N) is 1. The van der Waals surface area contributed by atoms with Gasteiger partial charge in [0.1, 0.15) is 0 Å². The lowest BCUT2D eigenvalue weighted by Gasteiger charge is -2.22. The Balaban J connectivity index is 0. The Hall–Kier alpha value is -0.360. The molecular weight excluding hydrogens is 281 g/mol. The molecule has 1 aromatic heterocycles. The van der Waals surface area contributed by atoms with Crippen LogP contribution in [0.25, 0.3) is 0 Å². The molecule has 0 aromatic carbocycles. The first-order valence-electron chi connectivity index (χ1n) is 4.90. The van der Waals surface area contributed by atoms with Crippen molar-refractivity contribution in [3.8, 4) is 0 Å². The van der Waals surface area contributed by atoms with Crippen molar-refractivity contribution in [2.45, 2.75) is 26.4 Å². The van der Waals surface area contributed by atoms with E-state index in [-0.39, 0.29) is 36.6 Å². The van der Waals surface area contributed by atoms with Crippen molar-refractivity contribution in [2.75, 3.05) is 7.05 Å². The van der Waals surface area contributed by atoms with E-state index in [1.165, 1.54) is 11.3 Å². The highest BCUT2D eigenvalue weighted by Crippen LogP contribution is 2.07. The minimum Gasteiger partial charge on any atom is -0.338 e. The molecule has 0 fully saturated rings. The number of amides is 1. The Morgan fingerprint density at radius 1 is 1.53 bits per heavy atom. The molecule has 0 saturated carbocycles. The number of thiazole rings is 1. The van der Waals surface area contributed by atoms with Crippen LogP contribution in [0.2, 0.25) is 0 Å². The topological polar surface area (TPSA) is 59.2 Å². The summed E-state index contributed by atoms with van der Waals surface area (Å²) < 4.78 is 0. The molecule has 1 unspecified atom stereocenters. The van der Waals surface area contributed by atoms with Gasteiger partial charge in [-0.05, 0) is 5.92 Å². The molecule has 17 heavy (non-hydrogen) atoms. The van der Waals surface area contributed by atoms with Crippen LogP contribution in [0.4, 0.5) is 0 Å². The predicted octanol–water partition coefficient (Wildman–Crippen LogP) is 1.93. The Labute approximate surface area is 118 Å². The highest BCUT2D eigenvalue weighted by Gasteiger charge is 2.21. The van der Waals surface area contributed by atoms with Crippen LogP contribution < -0.4 is 5.73 Å². The first kappa shape index (κ1) is 19.0. The van der Waals surface area contributed by atoms with Crippen molar-refractivity contribution in [3.05, 3.63) is 16.6 Å². The van der Waals surface area contributed by atoms with E-state index in [0.717, 1.165) is 5.69 Å². The molecule has 1 rings (SSSR count). The zero-order valence-electron chi connectivity index (χ0n) is 10.1. The van der Waals surface area contributed by atoms with Gasteiger partial charge in [0, 0.05) is 12.4 Å². The molecule has 0 aliphatic carbocycles. The Kier molecular flexibility index (Phi) is 9.71. The SMILES string of the molecule is CC(C)C(N)C(=O)N(C)Cc1cscn1.Cl.Cl. The molecule has 0 aliphatic heterocycles. The normalized spacial score (nSPS) is 11.4. The first-order chi connectivity index (χ1) is 7.02. The number of carbonyl (C=O) groups excluding carboxylic acids is 1. The van der Waals surface area contributed by atoms with Gasteiger partial charge >= 0.3 is 0 Å². The summed E-state index contributed by atoms with van der Waals surface area (Å²) in [7, 11) is 1.75. The lowest BCUT2D eigenvalue weighted by atomic mass is 10.0. The summed E-state index contributed by atoms with van der Waals surface area (Å²) in [6, 6.07) is -0.423. The number of hydrogen-bond donors (Lipinski definition) is 1. The highest BCUT2D eigenvalue weighted by molar-refractivity contribution is 7.07. The van der Waals surface area contributed by atoms with Crippen LogP contribution in [0.1, 0.15) is 19.5 Å². The zero-order valence-corrected chi connectivity index (χ0v) is 12.6. The van der Waals surface area contributed by atoms with E-state index in [4.69, 9.17) is 5.73 Å². The average Bonchev–Trinajstić information content (AvgIpc) is 2.67. The fourth-order valence-corrected chi connectivity index (χ4v) is 1.73. The summed E-state index contributed by atoms with van der Waals surface area (Å²) in [5.41, 5.74) is 8.45. The van der Waals surface area contributed by atoms with Crippen molar-refractivity contribution < 1.29 is 4.79 Å². The number of aromatic nitrogens is 1. The van der Waals surface area contributed by atoms with Crippen molar-refractivity contribution in [2.24, 2.45) is 11.7 Å². The summed E-state index contributed by atoms with van der Waals surface area (Å²) in [6.07, 6.45) is 0. The van der Waals surface area contributed by atoms with Gasteiger partial charge in [-0.3, -0.25) is 4.79 Å². The molecule has 0 aliphatic rings. The van der Waals surface area contributed by atoms with E-state index in [1.54, 1.807) is 17.5 Å². The molecule has 7 heteroatoms. The lowest BCUT2D eigenvalue weighted by molar-refractivity contribution is -0.132. The summed E-state index contributed by atoms with van der Waals surface area (Å²) in [5, 5.41) is 1.94. The van der Waals surface area contributed by atoms with Crippen LogP contribution in [-0.4, -0.2) is 28.9 Å². The van der Waals surface area contributed by atoms with Gasteiger partial charge in [0.15, 0.2) is 0 Å². The fourth-order valence-electron chi connectivity index (χ4n) is 1.18. The van der Waals surface area contributed by atoms with Gasteiger partial charge in [-0.2, -0.15) is 0 Å². The van der Waals surface area contributed by atoms with E-state index in [1.807, 2.05) is 19.2 Å². The third kappa shape index (κ3) is 5.68. The highest BCUT2D eigenvalue weighted by atomic mass is 35.5. The molecule has 1 atom stereocenters. The third-order valence-corrected chi connectivity index (χ3v) is 2.90. The second-order valence-corrected chi connectivity index (χ2v) is 4.66. The average molecular weight is 300 g/mol. The number of hydrogen-bond acceptors (Lipinski definition) is 4. The summed E-state index contributed by atoms with van der Waals surface area (Å²) in [5.74, 6) is 0.133. The van der Waals surface area contributed by atoms with Gasteiger partial charge in [0.05, 0.1) is 23.8 Å². The summed E-state index contributed by atoms with van der Waals surface area (Å²) in [6.45, 7) is 4.42. The molecule has 1 amide bonds. The Bertz CT molecular complexity index is 319. The van der Waals surface area contributed by atoms with Gasteiger partial charge in [-0.1, -0.05) is 13.8 Å². The standard InChI is InChI=1S/C10H17N3OS.2ClH/c1-7(2)9(11)10(14)13(3)4-8-5-15-6-12-8;;/h5-7,9H,4,11H2,1-3H3;2*1H. The molecule has 4 nitrogen and oxygen atoms in total. The lowest BCUT2D eigenvalue weighted by Crippen LogP contribution is -2.44. The van der Waals surface area contributed by atoms with Gasteiger partial charge in [-0.25, -0.2) is 4.98 Å². The van der Waals surface area contributed by atoms with Gasteiger partial charge in [0.25, 0.3) is 0 Å². The van der Waals surface area contributed by atoms with Gasteiger partial charge in [0.2, 0.25) is 5.91 Å². The van der Waals surface area contributed by atoms with Crippen LogP contribution >= 0.6 is 36.2 Å². The zero-order chi connectivity index (χ0) is 11.4. The maximum Gasteiger partial charge on any atom is 0.239 e. The minimum absolute atomic E-state index is 0. The first-order valence-corrected chi connectivity index (χ1v) is 5.84. The molecular formula is C10H19Cl2N3OS. The van der Waals surface area contributed by atoms with Crippen LogP contribution in [0.5, 0.6) is 0 Å². The van der Waals surface area contributed by atoms with E-state index >= 15 is 0 Å². The monoisotopic (exact) mass is 299 g/mol. The second-order valence-electron chi connectivity index (χ2n) is 3.94. The van der Waals surface area contributed by atoms with Crippen LogP contribution in [-0.2, 0) is 11.3 Å². The summed E-state index contributed by atoms with van der Waals surface area (Å²) >= 11 is 1.53. The van der Waals surface area contributed by atoms with Crippen LogP contribution in [0, 0.1) is 5.92 Å². The van der Waals surface area contributed by atoms with E-state index < -0.39 is 6.04 Å². The number of halogens is 2. The van der Waals surface area contributed by atoms with Crippen molar-refractivity contribution in [1.82, 2.24) is 9.88 Å². The van der Waals surface area contributed by atoms with E-state index in [9.17, 15) is 4.79 Å². The van der Waals surface area contributed by atoms with Crippen LogP contribution in [0.3, 0.4) is 0 Å². The molecule has 0 spiro atoms. The maximum atomic E-state index is 11.8. The summed E-state index contributed by atoms with van der Waals surface area (Å²) in [4.78, 5) is 17.5. The maximum absolute atomic E-state index is 11.8. The van der Waals surface area contributed by atoms with Crippen molar-refractivity contribution in [3.63, 3.8) is 0 Å². The minimum atomic E-state index is -0.423. The fraction of sp³-hybridized carbons (Fsp3) is 0.600. The number of rotatable bonds is 4. The van der Waals surface area contributed by atoms with E-state index in [2.05, 4.69) is 4.98 Å². The van der Waals surface area contributed by atoms with Gasteiger partial charge < -0.3 is 10.6 Å². The van der Waals surface area contributed by atoms with E-state index in [0.29, 0.717) is 6.54 Å². The largest absolute Gasteiger partial charge is 0.338 e. The quantitative estimate of drug-likeness (QED) is 0.924. The number of nitrogens with zero attached hydrogens (tertiary/aromatic N) is 2. The smallest absolute Gasteiger partial charge is 0.239 e. The molecule has 1 heterocycles. The van der Waals surface area contributed by atoms with Crippen LogP contribution in [0.15, 0.2) is 10.9 Å². The number of likely N-dealkylation sites (N-methyl/N-ethyl adjacent to an activating group) is 1. The van der Waals surface area contributed by atoms with Crippen molar-refractivity contribution >= 4 is 42.1 Å². The van der Waals surface area contributed by atoms with Gasteiger partial charge in [-0.15, -0.1) is 36.2 Å². The molecule has 1 aromatic rings. The Morgan fingerprint density at radius 3 is 2.53 bits per heavy atom. The molecule has 100 valence electrons. The molecule has 0 radical (unpaired) electrons. The molecule has 0 saturated heterocycles. The second kappa shape index (κ2) is 8.69. The number of carbonyl (C=O) groups is 1. The Morgan fingerprint density at radius 2 is 2.12 bits per heavy atom. The molecule has 0 bridgehead atoms. The molecule has 2 N–H and O–H groups in total. The van der Waals surface area contributed by atoms with Crippen molar-refractivity contribution in [1.29, 1.82) is 0 Å². The third-order valence-electron chi connectivity index (χ3n) is 2.26. The predicted molar refractivity (Wildman–Crippen MR) is 75.9 cm³/mol.